The van der Waals surface area contributed by atoms with Crippen LogP contribution >= 0.6 is 11.6 Å². The molecule has 1 fully saturated rings. The van der Waals surface area contributed by atoms with Gasteiger partial charge in [-0.05, 0) is 63.9 Å². The van der Waals surface area contributed by atoms with Gasteiger partial charge in [-0.3, -0.25) is 4.79 Å². The van der Waals surface area contributed by atoms with Gasteiger partial charge >= 0.3 is 21.1 Å². The molecule has 0 radical (unpaired) electrons. The van der Waals surface area contributed by atoms with Gasteiger partial charge in [0.25, 0.3) is 5.91 Å². The Labute approximate surface area is 234 Å². The third-order valence-electron chi connectivity index (χ3n) is 6.56. The van der Waals surface area contributed by atoms with Crippen molar-refractivity contribution in [2.24, 2.45) is 0 Å². The molecular weight excluding hydrogens is 652 g/mol. The van der Waals surface area contributed by atoms with Gasteiger partial charge in [-0.15, -0.1) is 12.1 Å². The zero-order chi connectivity index (χ0) is 24.5. The van der Waals surface area contributed by atoms with Crippen molar-refractivity contribution in [1.29, 1.82) is 0 Å². The van der Waals surface area contributed by atoms with E-state index in [9.17, 15) is 4.79 Å². The van der Waals surface area contributed by atoms with Crippen LogP contribution in [0, 0.1) is 13.8 Å². The van der Waals surface area contributed by atoms with Crippen LogP contribution in [0.1, 0.15) is 53.4 Å². The maximum Gasteiger partial charge on any atom is 2.00 e. The Bertz CT molecular complexity index is 906. The zero-order valence-corrected chi connectivity index (χ0v) is 25.2. The van der Waals surface area contributed by atoms with Gasteiger partial charge in [-0.1, -0.05) is 54.8 Å². The number of piperidine rings is 1. The molecule has 1 saturated heterocycles. The fourth-order valence-electron chi connectivity index (χ4n) is 4.69. The maximum absolute atomic E-state index is 12.6. The smallest absolute Gasteiger partial charge is 0.655 e. The normalized spacial score (nSPS) is 16.4. The maximum atomic E-state index is 12.6. The second-order valence-electron chi connectivity index (χ2n) is 9.16. The minimum absolute atomic E-state index is 0. The topological polar surface area (TPSA) is 68.6 Å². The standard InChI is InChI=1S/C26H36ClN4O2S.W/c1-18-15-24(27)29-20(3)25(18)26(32)28-12-9-19(2)31-13-10-22(11-14-31)30-23(17-33-34)16-21-7-5-4-6-8-21;/h4-8,15,19,22-23,34H,9-14,16-17H2,1-3H3,(H,28,32);/q-1;+2/p-1. The molecule has 1 amide bonds. The van der Waals surface area contributed by atoms with Gasteiger partial charge in [-0.2, -0.15) is 0 Å². The number of benzene rings is 1. The Kier molecular flexibility index (Phi) is 13.3. The number of halogens is 1. The van der Waals surface area contributed by atoms with Crippen molar-refractivity contribution in [2.45, 2.75) is 64.6 Å². The van der Waals surface area contributed by atoms with Gasteiger partial charge in [0.15, 0.2) is 0 Å². The van der Waals surface area contributed by atoms with Crippen LogP contribution in [0.3, 0.4) is 0 Å². The van der Waals surface area contributed by atoms with Crippen LogP contribution in [0.2, 0.25) is 5.15 Å². The first kappa shape index (κ1) is 30.3. The van der Waals surface area contributed by atoms with Crippen molar-refractivity contribution in [3.8, 4) is 0 Å². The minimum atomic E-state index is -0.0858. The number of hydrogen-bond donors (Lipinski definition) is 1. The molecule has 1 aromatic heterocycles. The van der Waals surface area contributed by atoms with Crippen LogP contribution in [0.4, 0.5) is 0 Å². The number of likely N-dealkylation sites (tertiary alicyclic amines) is 1. The number of hydrogen-bond acceptors (Lipinski definition) is 5. The molecule has 0 spiro atoms. The zero-order valence-electron chi connectivity index (χ0n) is 20.7. The predicted molar refractivity (Wildman–Crippen MR) is 140 cm³/mol. The largest absolute Gasteiger partial charge is 2.00 e. The van der Waals surface area contributed by atoms with E-state index in [1.807, 2.05) is 19.9 Å². The van der Waals surface area contributed by atoms with Gasteiger partial charge in [0.1, 0.15) is 5.15 Å². The Balaban J connectivity index is 0.00000432. The van der Waals surface area contributed by atoms with E-state index in [4.69, 9.17) is 34.0 Å². The van der Waals surface area contributed by atoms with Crippen LogP contribution < -0.4 is 5.32 Å². The Morgan fingerprint density at radius 2 is 1.97 bits per heavy atom. The average molecular weight is 687 g/mol. The quantitative estimate of drug-likeness (QED) is 0.272. The minimum Gasteiger partial charge on any atom is -0.655 e. The fraction of sp³-hybridized carbons (Fsp3) is 0.538. The molecule has 9 heteroatoms. The van der Waals surface area contributed by atoms with Gasteiger partial charge in [0, 0.05) is 19.2 Å². The molecule has 2 unspecified atom stereocenters. The van der Waals surface area contributed by atoms with Gasteiger partial charge in [-0.25, -0.2) is 4.98 Å². The molecule has 3 rings (SSSR count). The summed E-state index contributed by atoms with van der Waals surface area (Å²) in [6, 6.07) is 12.9. The molecule has 2 atom stereocenters. The van der Waals surface area contributed by atoms with Crippen molar-refractivity contribution in [2.75, 3.05) is 26.2 Å². The van der Waals surface area contributed by atoms with E-state index in [0.717, 1.165) is 44.3 Å². The summed E-state index contributed by atoms with van der Waals surface area (Å²) >= 11 is 10.8. The number of nitrogens with zero attached hydrogens (tertiary/aromatic N) is 3. The van der Waals surface area contributed by atoms with Crippen molar-refractivity contribution >= 4 is 30.4 Å². The number of aryl methyl sites for hydroxylation is 2. The number of nitrogens with one attached hydrogen (secondary N) is 1. The Morgan fingerprint density at radius 3 is 2.60 bits per heavy atom. The second kappa shape index (κ2) is 15.3. The third kappa shape index (κ3) is 9.45. The SMILES string of the molecule is Cc1cc(Cl)nc(C)c1C(=O)NCCC(C)N1CCC([N-]C(CO[S-])Cc2ccccc2)CC1.[W+2]. The first-order valence-corrected chi connectivity index (χ1v) is 12.7. The molecule has 190 valence electrons. The molecular formula is C26H35ClN4O2SW. The summed E-state index contributed by atoms with van der Waals surface area (Å²) in [5.41, 5.74) is 3.39. The summed E-state index contributed by atoms with van der Waals surface area (Å²) in [5, 5.41) is 8.53. The molecule has 35 heavy (non-hydrogen) atoms. The monoisotopic (exact) mass is 686 g/mol. The number of aromatic nitrogens is 1. The number of pyridine rings is 1. The fourth-order valence-corrected chi connectivity index (χ4v) is 5.13. The summed E-state index contributed by atoms with van der Waals surface area (Å²) in [6.07, 6.45) is 3.82. The predicted octanol–water partition coefficient (Wildman–Crippen LogP) is 4.79. The molecule has 6 nitrogen and oxygen atoms in total. The van der Waals surface area contributed by atoms with Crippen LogP contribution in [0.5, 0.6) is 0 Å². The summed E-state index contributed by atoms with van der Waals surface area (Å²) < 4.78 is 5.03. The molecule has 0 bridgehead atoms. The average Bonchev–Trinajstić information content (AvgIpc) is 2.79. The van der Waals surface area contributed by atoms with E-state index in [1.165, 1.54) is 5.56 Å². The molecule has 0 aliphatic carbocycles. The molecule has 1 aliphatic heterocycles. The van der Waals surface area contributed by atoms with Gasteiger partial charge in [0.05, 0.1) is 11.3 Å². The van der Waals surface area contributed by atoms with Crippen molar-refractivity contribution in [3.63, 3.8) is 0 Å². The summed E-state index contributed by atoms with van der Waals surface area (Å²) in [7, 11) is 0. The van der Waals surface area contributed by atoms with E-state index < -0.39 is 0 Å². The molecule has 2 aromatic rings. The number of carbonyl (C=O) groups is 1. The van der Waals surface area contributed by atoms with Crippen molar-refractivity contribution < 1.29 is 30.0 Å². The van der Waals surface area contributed by atoms with E-state index in [2.05, 4.69) is 46.4 Å². The summed E-state index contributed by atoms with van der Waals surface area (Å²) in [4.78, 5) is 19.4. The van der Waals surface area contributed by atoms with Crippen LogP contribution in [-0.4, -0.2) is 60.2 Å². The van der Waals surface area contributed by atoms with Gasteiger partial charge < -0.3 is 32.6 Å². The van der Waals surface area contributed by atoms with E-state index in [-0.39, 0.29) is 33.0 Å². The summed E-state index contributed by atoms with van der Waals surface area (Å²) in [6.45, 7) is 9.05. The van der Waals surface area contributed by atoms with Crippen molar-refractivity contribution in [1.82, 2.24) is 15.2 Å². The summed E-state index contributed by atoms with van der Waals surface area (Å²) in [5.74, 6) is -0.0858. The molecule has 0 saturated carbocycles. The first-order valence-electron chi connectivity index (χ1n) is 12.0. The molecule has 1 N–H and O–H groups in total. The second-order valence-corrected chi connectivity index (χ2v) is 9.78. The van der Waals surface area contributed by atoms with E-state index in [1.54, 1.807) is 6.07 Å². The molecule has 1 aliphatic rings. The van der Waals surface area contributed by atoms with Crippen LogP contribution in [0.15, 0.2) is 36.4 Å². The van der Waals surface area contributed by atoms with Gasteiger partial charge in [0.2, 0.25) is 0 Å². The molecule has 1 aromatic carbocycles. The van der Waals surface area contributed by atoms with E-state index >= 15 is 0 Å². The first-order chi connectivity index (χ1) is 16.4. The van der Waals surface area contributed by atoms with Crippen LogP contribution in [0.25, 0.3) is 5.32 Å². The third-order valence-corrected chi connectivity index (χ3v) is 6.89. The van der Waals surface area contributed by atoms with E-state index in [0.29, 0.717) is 41.6 Å². The number of rotatable bonds is 11. The Morgan fingerprint density at radius 1 is 1.29 bits per heavy atom. The Hall–Kier alpha value is -0.952. The number of amides is 1. The van der Waals surface area contributed by atoms with Crippen LogP contribution in [-0.2, 0) is 44.6 Å². The number of carbonyl (C=O) groups excluding carboxylic acids is 1. The van der Waals surface area contributed by atoms with Crippen molar-refractivity contribution in [3.05, 3.63) is 69.3 Å². The molecule has 2 heterocycles.